The average molecular weight is 418 g/mol. The van der Waals surface area contributed by atoms with Gasteiger partial charge in [-0.25, -0.2) is 13.2 Å². The van der Waals surface area contributed by atoms with Crippen LogP contribution in [0.2, 0.25) is 0 Å². The Morgan fingerprint density at radius 2 is 1.87 bits per heavy atom. The van der Waals surface area contributed by atoms with E-state index < -0.39 is 16.0 Å². The molecule has 1 N–H and O–H groups in total. The van der Waals surface area contributed by atoms with Crippen molar-refractivity contribution in [2.45, 2.75) is 4.90 Å². The van der Waals surface area contributed by atoms with Crippen LogP contribution in [0.1, 0.15) is 21.5 Å². The second-order valence-corrected chi connectivity index (χ2v) is 7.66. The molecule has 9 heteroatoms. The van der Waals surface area contributed by atoms with Gasteiger partial charge in [-0.3, -0.25) is 9.71 Å². The maximum absolute atomic E-state index is 13.1. The van der Waals surface area contributed by atoms with Gasteiger partial charge in [0.1, 0.15) is 11.0 Å². The zero-order chi connectivity index (χ0) is 21.7. The molecule has 0 spiro atoms. The lowest BCUT2D eigenvalue weighted by molar-refractivity contribution is 0.0600. The van der Waals surface area contributed by atoms with Crippen LogP contribution in [0.15, 0.2) is 65.7 Å². The molecule has 0 atom stereocenters. The number of nitrogens with one attached hydrogen (secondary N) is 1. The molecule has 0 aliphatic heterocycles. The Labute approximate surface area is 173 Å². The van der Waals surface area contributed by atoms with Crippen molar-refractivity contribution >= 4 is 21.7 Å². The number of sulfonamides is 1. The van der Waals surface area contributed by atoms with Gasteiger partial charge in [0.05, 0.1) is 41.3 Å². The Hall–Kier alpha value is -4.21. The van der Waals surface area contributed by atoms with Gasteiger partial charge in [0.2, 0.25) is 0 Å². The molecule has 0 aliphatic carbocycles. The number of hydrogen-bond donors (Lipinski definition) is 1. The highest BCUT2D eigenvalue weighted by Gasteiger charge is 2.23. The van der Waals surface area contributed by atoms with Crippen molar-refractivity contribution in [2.24, 2.45) is 0 Å². The number of pyridine rings is 1. The van der Waals surface area contributed by atoms with Gasteiger partial charge in [0.25, 0.3) is 10.0 Å². The van der Waals surface area contributed by atoms with Crippen LogP contribution >= 0.6 is 0 Å². The molecule has 0 fully saturated rings. The van der Waals surface area contributed by atoms with Gasteiger partial charge in [0.15, 0.2) is 0 Å². The first-order chi connectivity index (χ1) is 14.4. The number of aromatic nitrogens is 1. The Morgan fingerprint density at radius 1 is 1.07 bits per heavy atom. The second kappa shape index (κ2) is 8.43. The average Bonchev–Trinajstić information content (AvgIpc) is 2.78. The molecule has 8 nitrogen and oxygen atoms in total. The zero-order valence-corrected chi connectivity index (χ0v) is 16.5. The fourth-order valence-electron chi connectivity index (χ4n) is 2.73. The number of nitrogens with zero attached hydrogens (tertiary/aromatic N) is 3. The molecular weight excluding hydrogens is 404 g/mol. The third kappa shape index (κ3) is 4.12. The Morgan fingerprint density at radius 3 is 2.50 bits per heavy atom. The summed E-state index contributed by atoms with van der Waals surface area (Å²) in [7, 11) is -3.13. The van der Waals surface area contributed by atoms with Crippen LogP contribution in [0.4, 0.5) is 5.69 Å². The lowest BCUT2D eigenvalue weighted by atomic mass is 10.1. The summed E-state index contributed by atoms with van der Waals surface area (Å²) in [6, 6.07) is 17.0. The molecule has 0 saturated carbocycles. The second-order valence-electron chi connectivity index (χ2n) is 6.01. The van der Waals surface area contributed by atoms with E-state index in [1.54, 1.807) is 42.6 Å². The Balaban J connectivity index is 2.14. The van der Waals surface area contributed by atoms with Crippen LogP contribution in [-0.2, 0) is 14.8 Å². The fourth-order valence-corrected chi connectivity index (χ4v) is 3.98. The summed E-state index contributed by atoms with van der Waals surface area (Å²) in [6.45, 7) is 0. The summed E-state index contributed by atoms with van der Waals surface area (Å²) < 4.78 is 33.3. The zero-order valence-electron chi connectivity index (χ0n) is 15.7. The van der Waals surface area contributed by atoms with E-state index in [2.05, 4.69) is 14.4 Å². The lowest BCUT2D eigenvalue weighted by Gasteiger charge is -2.14. The van der Waals surface area contributed by atoms with Crippen LogP contribution in [0.3, 0.4) is 0 Å². The summed E-state index contributed by atoms with van der Waals surface area (Å²) in [6.07, 6.45) is 1.55. The van der Waals surface area contributed by atoms with Crippen molar-refractivity contribution in [2.75, 3.05) is 11.8 Å². The first-order valence-electron chi connectivity index (χ1n) is 8.50. The van der Waals surface area contributed by atoms with Gasteiger partial charge in [-0.05, 0) is 48.5 Å². The summed E-state index contributed by atoms with van der Waals surface area (Å²) in [5.41, 5.74) is 1.11. The predicted molar refractivity (Wildman–Crippen MR) is 108 cm³/mol. The molecule has 0 amide bonds. The molecular formula is C21H14N4O4S. The fraction of sp³-hybridized carbons (Fsp3) is 0.0476. The van der Waals surface area contributed by atoms with Crippen LogP contribution in [0.25, 0.3) is 11.3 Å². The SMILES string of the molecule is COC(=O)c1ccc(C#N)c(S(=O)(=O)Nc2cc(C#N)ccc2-c2ccccn2)c1. The van der Waals surface area contributed by atoms with E-state index in [1.165, 1.54) is 25.3 Å². The minimum Gasteiger partial charge on any atom is -0.465 e. The number of carbonyl (C=O) groups is 1. The standard InChI is InChI=1S/C21H14N4O4S/c1-29-21(26)15-6-7-16(13-23)20(11-15)30(27,28)25-19-10-14(12-22)5-8-17(19)18-4-2-3-9-24-18/h2-11,25H,1H3. The molecule has 1 aromatic heterocycles. The van der Waals surface area contributed by atoms with Gasteiger partial charge in [-0.1, -0.05) is 6.07 Å². The van der Waals surface area contributed by atoms with Gasteiger partial charge in [0, 0.05) is 11.8 Å². The molecule has 0 saturated heterocycles. The molecule has 3 rings (SSSR count). The number of nitriles is 2. The van der Waals surface area contributed by atoms with E-state index in [9.17, 15) is 23.7 Å². The van der Waals surface area contributed by atoms with Crippen molar-refractivity contribution in [3.8, 4) is 23.4 Å². The Kier molecular flexibility index (Phi) is 5.77. The van der Waals surface area contributed by atoms with Crippen molar-refractivity contribution in [1.29, 1.82) is 10.5 Å². The third-order valence-corrected chi connectivity index (χ3v) is 5.55. The predicted octanol–water partition coefficient (Wildman–Crippen LogP) is 3.08. The van der Waals surface area contributed by atoms with E-state index in [4.69, 9.17) is 0 Å². The quantitative estimate of drug-likeness (QED) is 0.629. The number of ether oxygens (including phenoxy) is 1. The number of benzene rings is 2. The molecule has 30 heavy (non-hydrogen) atoms. The molecule has 0 aliphatic rings. The summed E-state index contributed by atoms with van der Waals surface area (Å²) in [4.78, 5) is 15.6. The third-order valence-electron chi connectivity index (χ3n) is 4.15. The number of methoxy groups -OCH3 is 1. The van der Waals surface area contributed by atoms with E-state index in [1.807, 2.05) is 6.07 Å². The van der Waals surface area contributed by atoms with Crippen molar-refractivity contribution in [3.63, 3.8) is 0 Å². The van der Waals surface area contributed by atoms with E-state index in [0.29, 0.717) is 11.3 Å². The minimum absolute atomic E-state index is 0.0207. The van der Waals surface area contributed by atoms with Crippen molar-refractivity contribution in [3.05, 3.63) is 77.5 Å². The van der Waals surface area contributed by atoms with Crippen LogP contribution in [0, 0.1) is 22.7 Å². The van der Waals surface area contributed by atoms with E-state index >= 15 is 0 Å². The highest BCUT2D eigenvalue weighted by molar-refractivity contribution is 7.92. The largest absolute Gasteiger partial charge is 0.465 e. The highest BCUT2D eigenvalue weighted by Crippen LogP contribution is 2.30. The van der Waals surface area contributed by atoms with Crippen LogP contribution in [-0.4, -0.2) is 26.5 Å². The maximum atomic E-state index is 13.1. The van der Waals surface area contributed by atoms with Crippen molar-refractivity contribution < 1.29 is 17.9 Å². The smallest absolute Gasteiger partial charge is 0.337 e. The summed E-state index contributed by atoms with van der Waals surface area (Å²) >= 11 is 0. The molecule has 1 heterocycles. The number of hydrogen-bond acceptors (Lipinski definition) is 7. The molecule has 0 bridgehead atoms. The maximum Gasteiger partial charge on any atom is 0.337 e. The normalized spacial score (nSPS) is 10.5. The number of carbonyl (C=O) groups excluding carboxylic acids is 1. The van der Waals surface area contributed by atoms with Gasteiger partial charge >= 0.3 is 5.97 Å². The first kappa shape index (κ1) is 20.5. The monoisotopic (exact) mass is 418 g/mol. The van der Waals surface area contributed by atoms with Gasteiger partial charge < -0.3 is 4.74 Å². The Bertz CT molecular complexity index is 1310. The first-order valence-corrected chi connectivity index (χ1v) is 9.99. The topological polar surface area (TPSA) is 133 Å². The minimum atomic E-state index is -4.29. The lowest BCUT2D eigenvalue weighted by Crippen LogP contribution is -2.16. The van der Waals surface area contributed by atoms with Gasteiger partial charge in [-0.2, -0.15) is 10.5 Å². The molecule has 2 aromatic carbocycles. The number of anilines is 1. The summed E-state index contributed by atoms with van der Waals surface area (Å²) in [5, 5.41) is 18.5. The van der Waals surface area contributed by atoms with E-state index in [0.717, 1.165) is 6.07 Å². The number of esters is 1. The number of rotatable bonds is 5. The molecule has 148 valence electrons. The molecule has 0 radical (unpaired) electrons. The van der Waals surface area contributed by atoms with Crippen molar-refractivity contribution in [1.82, 2.24) is 4.98 Å². The molecule has 3 aromatic rings. The van der Waals surface area contributed by atoms with Gasteiger partial charge in [-0.15, -0.1) is 0 Å². The highest BCUT2D eigenvalue weighted by atomic mass is 32.2. The summed E-state index contributed by atoms with van der Waals surface area (Å²) in [5.74, 6) is -0.739. The van der Waals surface area contributed by atoms with E-state index in [-0.39, 0.29) is 27.3 Å². The van der Waals surface area contributed by atoms with Crippen LogP contribution in [0.5, 0.6) is 0 Å². The van der Waals surface area contributed by atoms with Crippen LogP contribution < -0.4 is 4.72 Å². The molecule has 0 unspecified atom stereocenters.